The van der Waals surface area contributed by atoms with Gasteiger partial charge >= 0.3 is 6.61 Å². The van der Waals surface area contributed by atoms with Crippen molar-refractivity contribution in [3.63, 3.8) is 0 Å². The number of aromatic nitrogens is 1. The molecule has 66 valence electrons. The molecule has 0 atom stereocenters. The molecule has 0 aliphatic carbocycles. The van der Waals surface area contributed by atoms with Gasteiger partial charge in [-0.3, -0.25) is 0 Å². The lowest BCUT2D eigenvalue weighted by atomic mass is 10.3. The van der Waals surface area contributed by atoms with Crippen LogP contribution in [0.2, 0.25) is 0 Å². The lowest BCUT2D eigenvalue weighted by Crippen LogP contribution is -2.04. The SMILES string of the molecule is Cc1ccnc(Br)c1OC(F)F. The fraction of sp³-hybridized carbons (Fsp3) is 0.286. The summed E-state index contributed by atoms with van der Waals surface area (Å²) in [5.41, 5.74) is 0.622. The molecule has 0 amide bonds. The molecule has 0 bridgehead atoms. The molecule has 0 unspecified atom stereocenters. The van der Waals surface area contributed by atoms with Crippen molar-refractivity contribution in [3.8, 4) is 5.75 Å². The smallest absolute Gasteiger partial charge is 0.387 e. The average molecular weight is 238 g/mol. The first kappa shape index (κ1) is 9.38. The Labute approximate surface area is 76.7 Å². The monoisotopic (exact) mass is 237 g/mol. The average Bonchev–Trinajstić information content (AvgIpc) is 1.97. The standard InChI is InChI=1S/C7H6BrF2NO/c1-4-2-3-11-6(8)5(4)12-7(9)10/h2-3,7H,1H3. The van der Waals surface area contributed by atoms with Crippen molar-refractivity contribution in [2.75, 3.05) is 0 Å². The number of halogens is 3. The third-order valence-corrected chi connectivity index (χ3v) is 1.83. The minimum atomic E-state index is -2.82. The van der Waals surface area contributed by atoms with E-state index in [1.54, 1.807) is 13.0 Å². The summed E-state index contributed by atoms with van der Waals surface area (Å²) >= 11 is 3.01. The quantitative estimate of drug-likeness (QED) is 0.739. The predicted molar refractivity (Wildman–Crippen MR) is 43.3 cm³/mol. The normalized spacial score (nSPS) is 10.4. The maximum absolute atomic E-state index is 11.8. The maximum Gasteiger partial charge on any atom is 0.387 e. The Hall–Kier alpha value is -0.710. The highest BCUT2D eigenvalue weighted by Crippen LogP contribution is 2.27. The number of aryl methyl sites for hydroxylation is 1. The van der Waals surface area contributed by atoms with Gasteiger partial charge in [0.2, 0.25) is 0 Å². The molecule has 0 aromatic carbocycles. The summed E-state index contributed by atoms with van der Waals surface area (Å²) in [6.45, 7) is -1.14. The van der Waals surface area contributed by atoms with Crippen molar-refractivity contribution in [3.05, 3.63) is 22.4 Å². The topological polar surface area (TPSA) is 22.1 Å². The predicted octanol–water partition coefficient (Wildman–Crippen LogP) is 2.75. The molecule has 0 N–H and O–H groups in total. The first-order valence-electron chi connectivity index (χ1n) is 3.17. The Morgan fingerprint density at radius 1 is 1.58 bits per heavy atom. The molecule has 5 heteroatoms. The van der Waals surface area contributed by atoms with Gasteiger partial charge in [-0.15, -0.1) is 0 Å². The third kappa shape index (κ3) is 2.14. The Balaban J connectivity index is 2.96. The molecule has 1 aromatic heterocycles. The van der Waals surface area contributed by atoms with Crippen molar-refractivity contribution in [1.82, 2.24) is 4.98 Å². The second-order valence-corrected chi connectivity index (χ2v) is 2.88. The number of nitrogens with zero attached hydrogens (tertiary/aromatic N) is 1. The van der Waals surface area contributed by atoms with Gasteiger partial charge in [-0.05, 0) is 34.5 Å². The molecule has 0 spiro atoms. The summed E-state index contributed by atoms with van der Waals surface area (Å²) in [4.78, 5) is 3.75. The molecular formula is C7H6BrF2NO. The fourth-order valence-electron chi connectivity index (χ4n) is 0.742. The Morgan fingerprint density at radius 3 is 2.75 bits per heavy atom. The summed E-state index contributed by atoms with van der Waals surface area (Å²) in [5, 5.41) is 0. The zero-order valence-electron chi connectivity index (χ0n) is 6.22. The van der Waals surface area contributed by atoms with Crippen LogP contribution in [0.5, 0.6) is 5.75 Å². The largest absolute Gasteiger partial charge is 0.432 e. The van der Waals surface area contributed by atoms with Crippen LogP contribution < -0.4 is 4.74 Å². The van der Waals surface area contributed by atoms with E-state index in [-0.39, 0.29) is 5.75 Å². The second kappa shape index (κ2) is 3.80. The van der Waals surface area contributed by atoms with E-state index in [0.717, 1.165) is 0 Å². The number of alkyl halides is 2. The Morgan fingerprint density at radius 2 is 2.25 bits per heavy atom. The molecule has 1 rings (SSSR count). The van der Waals surface area contributed by atoms with E-state index < -0.39 is 6.61 Å². The molecule has 0 saturated carbocycles. The minimum absolute atomic E-state index is 0.0903. The number of pyridine rings is 1. The number of rotatable bonds is 2. The van der Waals surface area contributed by atoms with Crippen molar-refractivity contribution in [2.45, 2.75) is 13.5 Å². The van der Waals surface area contributed by atoms with Gasteiger partial charge in [0.05, 0.1) is 0 Å². The lowest BCUT2D eigenvalue weighted by molar-refractivity contribution is -0.0510. The van der Waals surface area contributed by atoms with Crippen LogP contribution in [0.4, 0.5) is 8.78 Å². The summed E-state index contributed by atoms with van der Waals surface area (Å²) in [6, 6.07) is 1.60. The molecule has 0 aliphatic rings. The van der Waals surface area contributed by atoms with E-state index in [0.29, 0.717) is 10.2 Å². The Kier molecular flexibility index (Phi) is 2.97. The summed E-state index contributed by atoms with van der Waals surface area (Å²) < 4.78 is 28.1. The number of hydrogen-bond donors (Lipinski definition) is 0. The van der Waals surface area contributed by atoms with Gasteiger partial charge in [0, 0.05) is 6.20 Å². The van der Waals surface area contributed by atoms with E-state index in [1.165, 1.54) is 6.20 Å². The van der Waals surface area contributed by atoms with Crippen LogP contribution in [0.25, 0.3) is 0 Å². The zero-order valence-corrected chi connectivity index (χ0v) is 7.81. The first-order chi connectivity index (χ1) is 5.61. The van der Waals surface area contributed by atoms with E-state index in [1.807, 2.05) is 0 Å². The van der Waals surface area contributed by atoms with Crippen LogP contribution in [-0.4, -0.2) is 11.6 Å². The van der Waals surface area contributed by atoms with Crippen LogP contribution in [0.1, 0.15) is 5.56 Å². The first-order valence-corrected chi connectivity index (χ1v) is 3.96. The van der Waals surface area contributed by atoms with Crippen LogP contribution in [-0.2, 0) is 0 Å². The van der Waals surface area contributed by atoms with Gasteiger partial charge in [0.1, 0.15) is 4.60 Å². The maximum atomic E-state index is 11.8. The van der Waals surface area contributed by atoms with Gasteiger partial charge in [-0.25, -0.2) is 4.98 Å². The molecular weight excluding hydrogens is 232 g/mol. The summed E-state index contributed by atoms with van der Waals surface area (Å²) in [7, 11) is 0. The van der Waals surface area contributed by atoms with E-state index in [9.17, 15) is 8.78 Å². The van der Waals surface area contributed by atoms with Gasteiger partial charge in [0.15, 0.2) is 5.75 Å². The van der Waals surface area contributed by atoms with Crippen molar-refractivity contribution >= 4 is 15.9 Å². The lowest BCUT2D eigenvalue weighted by Gasteiger charge is -2.07. The van der Waals surface area contributed by atoms with Gasteiger partial charge < -0.3 is 4.74 Å². The summed E-state index contributed by atoms with van der Waals surface area (Å²) in [6.07, 6.45) is 1.51. The summed E-state index contributed by atoms with van der Waals surface area (Å²) in [5.74, 6) is 0.0903. The van der Waals surface area contributed by atoms with Gasteiger partial charge in [0.25, 0.3) is 0 Å². The molecule has 0 radical (unpaired) electrons. The molecule has 0 fully saturated rings. The van der Waals surface area contributed by atoms with E-state index in [2.05, 4.69) is 25.7 Å². The van der Waals surface area contributed by atoms with Crippen molar-refractivity contribution in [2.24, 2.45) is 0 Å². The highest BCUT2D eigenvalue weighted by atomic mass is 79.9. The number of ether oxygens (including phenoxy) is 1. The van der Waals surface area contributed by atoms with Crippen molar-refractivity contribution in [1.29, 1.82) is 0 Å². The Bertz CT molecular complexity index is 260. The van der Waals surface area contributed by atoms with Crippen LogP contribution >= 0.6 is 15.9 Å². The number of hydrogen-bond acceptors (Lipinski definition) is 2. The zero-order chi connectivity index (χ0) is 9.14. The van der Waals surface area contributed by atoms with Crippen LogP contribution in [0.3, 0.4) is 0 Å². The van der Waals surface area contributed by atoms with E-state index in [4.69, 9.17) is 0 Å². The van der Waals surface area contributed by atoms with Gasteiger partial charge in [-0.2, -0.15) is 8.78 Å². The molecule has 2 nitrogen and oxygen atoms in total. The fourth-order valence-corrected chi connectivity index (χ4v) is 1.27. The highest BCUT2D eigenvalue weighted by molar-refractivity contribution is 9.10. The minimum Gasteiger partial charge on any atom is -0.432 e. The third-order valence-electron chi connectivity index (χ3n) is 1.26. The molecule has 1 aromatic rings. The molecule has 0 saturated heterocycles. The molecule has 0 aliphatic heterocycles. The van der Waals surface area contributed by atoms with E-state index >= 15 is 0 Å². The van der Waals surface area contributed by atoms with Crippen LogP contribution in [0, 0.1) is 6.92 Å². The second-order valence-electron chi connectivity index (χ2n) is 2.13. The molecule has 12 heavy (non-hydrogen) atoms. The molecule has 1 heterocycles. The van der Waals surface area contributed by atoms with Crippen molar-refractivity contribution < 1.29 is 13.5 Å². The van der Waals surface area contributed by atoms with Crippen LogP contribution in [0.15, 0.2) is 16.9 Å². The van der Waals surface area contributed by atoms with Gasteiger partial charge in [-0.1, -0.05) is 0 Å². The highest BCUT2D eigenvalue weighted by Gasteiger charge is 2.10.